The van der Waals surface area contributed by atoms with Gasteiger partial charge in [-0.1, -0.05) is 30.3 Å². The molecule has 0 bridgehead atoms. The van der Waals surface area contributed by atoms with Crippen molar-refractivity contribution in [3.05, 3.63) is 47.6 Å². The predicted octanol–water partition coefficient (Wildman–Crippen LogP) is 4.01. The predicted molar refractivity (Wildman–Crippen MR) is 97.2 cm³/mol. The zero-order chi connectivity index (χ0) is 16.5. The van der Waals surface area contributed by atoms with E-state index in [1.807, 2.05) is 29.3 Å². The number of likely N-dealkylation sites (tertiary alicyclic amines) is 1. The van der Waals surface area contributed by atoms with Gasteiger partial charge in [-0.05, 0) is 26.2 Å². The second-order valence-corrected chi connectivity index (χ2v) is 7.32. The van der Waals surface area contributed by atoms with Crippen molar-refractivity contribution in [2.75, 3.05) is 6.54 Å². The maximum atomic E-state index is 12.7. The van der Waals surface area contributed by atoms with Crippen LogP contribution in [0.3, 0.4) is 0 Å². The average Bonchev–Trinajstić information content (AvgIpc) is 3.18. The largest absolute Gasteiger partial charge is 0.340 e. The molecule has 0 saturated carbocycles. The molecule has 0 spiro atoms. The Morgan fingerprint density at radius 3 is 2.92 bits per heavy atom. The molecule has 1 unspecified atom stereocenters. The van der Waals surface area contributed by atoms with Crippen LogP contribution in [0, 0.1) is 0 Å². The number of amides is 1. The Balaban J connectivity index is 1.58. The van der Waals surface area contributed by atoms with Crippen molar-refractivity contribution in [2.24, 2.45) is 0 Å². The summed E-state index contributed by atoms with van der Waals surface area (Å²) in [6.45, 7) is 3.05. The van der Waals surface area contributed by atoms with Crippen LogP contribution in [0.5, 0.6) is 0 Å². The number of aromatic nitrogens is 2. The van der Waals surface area contributed by atoms with Gasteiger partial charge < -0.3 is 4.90 Å². The third-order valence-corrected chi connectivity index (χ3v) is 5.70. The van der Waals surface area contributed by atoms with E-state index in [4.69, 9.17) is 4.98 Å². The molecule has 2 aromatic heterocycles. The first-order chi connectivity index (χ1) is 11.7. The minimum atomic E-state index is 0.233. The second-order valence-electron chi connectivity index (χ2n) is 6.48. The summed E-state index contributed by atoms with van der Waals surface area (Å²) < 4.78 is 2.07. The number of fused-ring (bicyclic) bond motifs is 1. The summed E-state index contributed by atoms with van der Waals surface area (Å²) in [5.74, 6) is 0.233. The molecule has 0 radical (unpaired) electrons. The normalized spacial score (nSPS) is 18.2. The number of rotatable bonds is 3. The van der Waals surface area contributed by atoms with Gasteiger partial charge in [0.05, 0.1) is 12.1 Å². The molecule has 1 aliphatic heterocycles. The maximum Gasteiger partial charge on any atom is 0.228 e. The van der Waals surface area contributed by atoms with Gasteiger partial charge in [-0.2, -0.15) is 0 Å². The number of benzene rings is 1. The third kappa shape index (κ3) is 2.84. The SMILES string of the molecule is CC1CCCCN1C(=O)Cc1csc2nc(-c3ccccc3)cn12. The summed E-state index contributed by atoms with van der Waals surface area (Å²) in [6, 6.07) is 10.5. The van der Waals surface area contributed by atoms with Crippen LogP contribution in [0.25, 0.3) is 16.2 Å². The van der Waals surface area contributed by atoms with Crippen LogP contribution in [0.2, 0.25) is 0 Å². The van der Waals surface area contributed by atoms with E-state index in [1.54, 1.807) is 11.3 Å². The van der Waals surface area contributed by atoms with Gasteiger partial charge >= 0.3 is 0 Å². The molecule has 1 aromatic carbocycles. The first kappa shape index (κ1) is 15.4. The monoisotopic (exact) mass is 339 g/mol. The smallest absolute Gasteiger partial charge is 0.228 e. The first-order valence-corrected chi connectivity index (χ1v) is 9.41. The van der Waals surface area contributed by atoms with Gasteiger partial charge in [0.2, 0.25) is 5.91 Å². The lowest BCUT2D eigenvalue weighted by Gasteiger charge is -2.33. The Hall–Kier alpha value is -2.14. The molecule has 4 rings (SSSR count). The zero-order valence-corrected chi connectivity index (χ0v) is 14.6. The van der Waals surface area contributed by atoms with Gasteiger partial charge in [-0.3, -0.25) is 9.20 Å². The molecule has 0 aliphatic carbocycles. The van der Waals surface area contributed by atoms with E-state index in [2.05, 4.69) is 28.8 Å². The summed E-state index contributed by atoms with van der Waals surface area (Å²) in [7, 11) is 0. The van der Waals surface area contributed by atoms with Crippen molar-refractivity contribution >= 4 is 22.2 Å². The summed E-state index contributed by atoms with van der Waals surface area (Å²) in [4.78, 5) is 20.4. The molecule has 1 fully saturated rings. The lowest BCUT2D eigenvalue weighted by molar-refractivity contribution is -0.133. The topological polar surface area (TPSA) is 37.6 Å². The Bertz CT molecular complexity index is 852. The second kappa shape index (κ2) is 6.40. The van der Waals surface area contributed by atoms with E-state index in [0.717, 1.165) is 41.3 Å². The molecule has 5 heteroatoms. The van der Waals surface area contributed by atoms with Crippen molar-refractivity contribution in [2.45, 2.75) is 38.6 Å². The summed E-state index contributed by atoms with van der Waals surface area (Å²) >= 11 is 1.60. The minimum absolute atomic E-state index is 0.233. The van der Waals surface area contributed by atoms with Gasteiger partial charge in [-0.25, -0.2) is 4.98 Å². The molecular weight excluding hydrogens is 318 g/mol. The van der Waals surface area contributed by atoms with Gasteiger partial charge in [0.15, 0.2) is 4.96 Å². The molecule has 1 saturated heterocycles. The third-order valence-electron chi connectivity index (χ3n) is 4.81. The molecule has 1 amide bonds. The van der Waals surface area contributed by atoms with Crippen molar-refractivity contribution in [1.82, 2.24) is 14.3 Å². The van der Waals surface area contributed by atoms with Crippen LogP contribution in [-0.4, -0.2) is 32.8 Å². The zero-order valence-electron chi connectivity index (χ0n) is 13.8. The van der Waals surface area contributed by atoms with E-state index in [-0.39, 0.29) is 5.91 Å². The average molecular weight is 339 g/mol. The highest BCUT2D eigenvalue weighted by Gasteiger charge is 2.24. The van der Waals surface area contributed by atoms with Gasteiger partial charge in [0, 0.05) is 35.4 Å². The molecule has 3 aromatic rings. The summed E-state index contributed by atoms with van der Waals surface area (Å²) in [6.07, 6.45) is 5.97. The summed E-state index contributed by atoms with van der Waals surface area (Å²) in [5.41, 5.74) is 3.10. The van der Waals surface area contributed by atoms with Crippen LogP contribution >= 0.6 is 11.3 Å². The molecule has 0 N–H and O–H groups in total. The number of hydrogen-bond donors (Lipinski definition) is 0. The highest BCUT2D eigenvalue weighted by atomic mass is 32.1. The molecule has 124 valence electrons. The number of nitrogens with zero attached hydrogens (tertiary/aromatic N) is 3. The van der Waals surface area contributed by atoms with Crippen molar-refractivity contribution in [1.29, 1.82) is 0 Å². The van der Waals surface area contributed by atoms with Crippen LogP contribution in [0.4, 0.5) is 0 Å². The highest BCUT2D eigenvalue weighted by Crippen LogP contribution is 2.25. The van der Waals surface area contributed by atoms with Crippen molar-refractivity contribution in [3.63, 3.8) is 0 Å². The number of imidazole rings is 1. The van der Waals surface area contributed by atoms with Crippen molar-refractivity contribution in [3.8, 4) is 11.3 Å². The number of hydrogen-bond acceptors (Lipinski definition) is 3. The van der Waals surface area contributed by atoms with Crippen molar-refractivity contribution < 1.29 is 4.79 Å². The quantitative estimate of drug-likeness (QED) is 0.723. The molecule has 1 aliphatic rings. The Labute approximate surface area is 145 Å². The number of piperidine rings is 1. The molecule has 1 atom stereocenters. The highest BCUT2D eigenvalue weighted by molar-refractivity contribution is 7.15. The van der Waals surface area contributed by atoms with Crippen LogP contribution in [0.15, 0.2) is 41.9 Å². The van der Waals surface area contributed by atoms with E-state index in [0.29, 0.717) is 12.5 Å². The maximum absolute atomic E-state index is 12.7. The number of carbonyl (C=O) groups excluding carboxylic acids is 1. The Kier molecular flexibility index (Phi) is 4.10. The van der Waals surface area contributed by atoms with Gasteiger partial charge in [0.1, 0.15) is 0 Å². The number of carbonyl (C=O) groups is 1. The van der Waals surface area contributed by atoms with Crippen LogP contribution < -0.4 is 0 Å². The van der Waals surface area contributed by atoms with Crippen LogP contribution in [0.1, 0.15) is 31.9 Å². The molecule has 3 heterocycles. The fourth-order valence-corrected chi connectivity index (χ4v) is 4.30. The van der Waals surface area contributed by atoms with E-state index in [9.17, 15) is 4.79 Å². The fraction of sp³-hybridized carbons (Fsp3) is 0.368. The Morgan fingerprint density at radius 1 is 1.29 bits per heavy atom. The number of thiazole rings is 1. The first-order valence-electron chi connectivity index (χ1n) is 8.53. The molecular formula is C19H21N3OS. The van der Waals surface area contributed by atoms with E-state index < -0.39 is 0 Å². The molecule has 24 heavy (non-hydrogen) atoms. The van der Waals surface area contributed by atoms with Gasteiger partial charge in [-0.15, -0.1) is 11.3 Å². The lowest BCUT2D eigenvalue weighted by atomic mass is 10.0. The summed E-state index contributed by atoms with van der Waals surface area (Å²) in [5, 5.41) is 2.06. The fourth-order valence-electron chi connectivity index (χ4n) is 3.43. The van der Waals surface area contributed by atoms with Gasteiger partial charge in [0.25, 0.3) is 0 Å². The standard InChI is InChI=1S/C19H21N3OS/c1-14-7-5-6-10-21(14)18(23)11-16-13-24-19-20-17(12-22(16)19)15-8-3-2-4-9-15/h2-4,8-9,12-14H,5-7,10-11H2,1H3. The van der Waals surface area contributed by atoms with E-state index >= 15 is 0 Å². The molecule has 4 nitrogen and oxygen atoms in total. The lowest BCUT2D eigenvalue weighted by Crippen LogP contribution is -2.42. The van der Waals surface area contributed by atoms with E-state index in [1.165, 1.54) is 6.42 Å². The van der Waals surface area contributed by atoms with Crippen LogP contribution in [-0.2, 0) is 11.2 Å². The Morgan fingerprint density at radius 2 is 2.12 bits per heavy atom. The minimum Gasteiger partial charge on any atom is -0.340 e.